The van der Waals surface area contributed by atoms with Crippen LogP contribution in [-0.4, -0.2) is 57.4 Å². The molecule has 2 fully saturated rings. The molecular formula is C19H32N3O3S2+. The monoisotopic (exact) mass is 414 g/mol. The highest BCUT2D eigenvalue weighted by Crippen LogP contribution is 2.26. The second-order valence-electron chi connectivity index (χ2n) is 7.83. The molecule has 3 heterocycles. The number of sulfonamides is 1. The van der Waals surface area contributed by atoms with E-state index in [0.29, 0.717) is 23.8 Å². The molecule has 3 rings (SSSR count). The van der Waals surface area contributed by atoms with E-state index in [1.807, 2.05) is 0 Å². The zero-order chi connectivity index (χ0) is 19.3. The number of likely N-dealkylation sites (tertiary alicyclic amines) is 1. The third-order valence-corrected chi connectivity index (χ3v) is 9.14. The van der Waals surface area contributed by atoms with Crippen molar-refractivity contribution >= 4 is 27.3 Å². The maximum absolute atomic E-state index is 12.7. The van der Waals surface area contributed by atoms with E-state index in [1.54, 1.807) is 22.4 Å². The lowest BCUT2D eigenvalue weighted by atomic mass is 9.99. The Kier molecular flexibility index (Phi) is 7.30. The standard InChI is InChI=1S/C19H31N3O3S2/c1-16-7-2-3-11-21(16)12-6-10-20-19(23)17-8-4-13-22(15-17)27(24,25)18-9-5-14-26-18/h5,9,14,16-17H,2-4,6-8,10-13,15H2,1H3,(H,20,23)/p+1/t16-,17-/m1/s1. The molecule has 2 aliphatic heterocycles. The third-order valence-electron chi connectivity index (χ3n) is 5.90. The molecule has 2 saturated heterocycles. The molecule has 0 saturated carbocycles. The smallest absolute Gasteiger partial charge is 0.252 e. The van der Waals surface area contributed by atoms with Gasteiger partial charge in [0.2, 0.25) is 5.91 Å². The number of carbonyl (C=O) groups is 1. The number of piperidine rings is 2. The van der Waals surface area contributed by atoms with Crippen LogP contribution < -0.4 is 10.2 Å². The molecule has 1 amide bonds. The molecule has 152 valence electrons. The molecule has 1 unspecified atom stereocenters. The van der Waals surface area contributed by atoms with Crippen LogP contribution in [-0.2, 0) is 14.8 Å². The number of rotatable bonds is 7. The van der Waals surface area contributed by atoms with Gasteiger partial charge < -0.3 is 10.2 Å². The Labute approximate surface area is 167 Å². The fourth-order valence-electron chi connectivity index (χ4n) is 4.21. The molecule has 0 radical (unpaired) electrons. The fraction of sp³-hybridized carbons (Fsp3) is 0.737. The van der Waals surface area contributed by atoms with Crippen LogP contribution in [0.4, 0.5) is 0 Å². The zero-order valence-electron chi connectivity index (χ0n) is 16.2. The van der Waals surface area contributed by atoms with Crippen LogP contribution in [0, 0.1) is 5.92 Å². The molecule has 3 atom stereocenters. The molecule has 1 aromatic heterocycles. The Morgan fingerprint density at radius 1 is 1.33 bits per heavy atom. The van der Waals surface area contributed by atoms with Gasteiger partial charge in [-0.05, 0) is 50.5 Å². The lowest BCUT2D eigenvalue weighted by molar-refractivity contribution is -0.928. The van der Waals surface area contributed by atoms with Gasteiger partial charge in [0.15, 0.2) is 0 Å². The SMILES string of the molecule is C[C@@H]1CCCC[NH+]1CCCNC(=O)[C@@H]1CCCN(S(=O)(=O)c2cccs2)C1. The number of quaternary nitrogens is 1. The van der Waals surface area contributed by atoms with Crippen LogP contribution in [0.1, 0.15) is 45.4 Å². The molecule has 2 aliphatic rings. The molecule has 8 heteroatoms. The number of thiophene rings is 1. The number of nitrogens with zero attached hydrogens (tertiary/aromatic N) is 1. The molecule has 27 heavy (non-hydrogen) atoms. The van der Waals surface area contributed by atoms with Gasteiger partial charge >= 0.3 is 0 Å². The van der Waals surface area contributed by atoms with E-state index < -0.39 is 10.0 Å². The maximum Gasteiger partial charge on any atom is 0.252 e. The largest absolute Gasteiger partial charge is 0.356 e. The number of nitrogens with one attached hydrogen (secondary N) is 2. The van der Waals surface area contributed by atoms with Gasteiger partial charge in [0.1, 0.15) is 4.21 Å². The molecule has 2 N–H and O–H groups in total. The predicted octanol–water partition coefficient (Wildman–Crippen LogP) is 1.11. The first kappa shape index (κ1) is 20.8. The van der Waals surface area contributed by atoms with E-state index in [4.69, 9.17) is 0 Å². The van der Waals surface area contributed by atoms with Crippen molar-refractivity contribution in [1.82, 2.24) is 9.62 Å². The molecule has 0 aliphatic carbocycles. The first-order valence-corrected chi connectivity index (χ1v) is 12.5. The van der Waals surface area contributed by atoms with Gasteiger partial charge in [-0.15, -0.1) is 11.3 Å². The Hall–Kier alpha value is -0.960. The average Bonchev–Trinajstić information content (AvgIpc) is 3.22. The lowest BCUT2D eigenvalue weighted by Crippen LogP contribution is -3.16. The Morgan fingerprint density at radius 3 is 2.93 bits per heavy atom. The highest BCUT2D eigenvalue weighted by molar-refractivity contribution is 7.91. The molecule has 0 bridgehead atoms. The highest BCUT2D eigenvalue weighted by atomic mass is 32.2. The average molecular weight is 415 g/mol. The van der Waals surface area contributed by atoms with Gasteiger partial charge in [0, 0.05) is 26.1 Å². The summed E-state index contributed by atoms with van der Waals surface area (Å²) in [6, 6.07) is 4.11. The molecule has 0 aromatic carbocycles. The first-order valence-electron chi connectivity index (χ1n) is 10.1. The van der Waals surface area contributed by atoms with Crippen molar-refractivity contribution < 1.29 is 18.1 Å². The summed E-state index contributed by atoms with van der Waals surface area (Å²) < 4.78 is 27.2. The van der Waals surface area contributed by atoms with E-state index in [-0.39, 0.29) is 11.8 Å². The summed E-state index contributed by atoms with van der Waals surface area (Å²) in [5.74, 6) is -0.238. The topological polar surface area (TPSA) is 70.9 Å². The van der Waals surface area contributed by atoms with Gasteiger partial charge in [-0.1, -0.05) is 6.07 Å². The Morgan fingerprint density at radius 2 is 2.19 bits per heavy atom. The van der Waals surface area contributed by atoms with Crippen molar-refractivity contribution in [2.75, 3.05) is 32.7 Å². The summed E-state index contributed by atoms with van der Waals surface area (Å²) in [5, 5.41) is 4.81. The summed E-state index contributed by atoms with van der Waals surface area (Å²) in [4.78, 5) is 14.2. The number of hydrogen-bond donors (Lipinski definition) is 2. The predicted molar refractivity (Wildman–Crippen MR) is 107 cm³/mol. The van der Waals surface area contributed by atoms with Crippen LogP contribution in [0.25, 0.3) is 0 Å². The van der Waals surface area contributed by atoms with Gasteiger partial charge in [0.25, 0.3) is 10.0 Å². The van der Waals surface area contributed by atoms with Crippen LogP contribution in [0.3, 0.4) is 0 Å². The minimum absolute atomic E-state index is 0.00257. The Bertz CT molecular complexity index is 706. The van der Waals surface area contributed by atoms with Crippen molar-refractivity contribution in [3.63, 3.8) is 0 Å². The van der Waals surface area contributed by atoms with Crippen molar-refractivity contribution in [3.05, 3.63) is 17.5 Å². The van der Waals surface area contributed by atoms with Gasteiger partial charge in [-0.3, -0.25) is 4.79 Å². The van der Waals surface area contributed by atoms with Crippen molar-refractivity contribution in [3.8, 4) is 0 Å². The van der Waals surface area contributed by atoms with Crippen molar-refractivity contribution in [2.24, 2.45) is 5.92 Å². The minimum Gasteiger partial charge on any atom is -0.356 e. The zero-order valence-corrected chi connectivity index (χ0v) is 17.8. The second kappa shape index (κ2) is 9.49. The van der Waals surface area contributed by atoms with Crippen molar-refractivity contribution in [2.45, 2.75) is 55.7 Å². The Balaban J connectivity index is 1.44. The van der Waals surface area contributed by atoms with Crippen LogP contribution in [0.15, 0.2) is 21.7 Å². The number of hydrogen-bond acceptors (Lipinski definition) is 4. The van der Waals surface area contributed by atoms with Crippen LogP contribution in [0.2, 0.25) is 0 Å². The molecule has 1 aromatic rings. The summed E-state index contributed by atoms with van der Waals surface area (Å²) in [6.45, 7) is 6.14. The summed E-state index contributed by atoms with van der Waals surface area (Å²) in [7, 11) is -3.46. The van der Waals surface area contributed by atoms with Gasteiger partial charge in [-0.2, -0.15) is 4.31 Å². The molecule has 6 nitrogen and oxygen atoms in total. The van der Waals surface area contributed by atoms with Crippen LogP contribution >= 0.6 is 11.3 Å². The summed E-state index contributed by atoms with van der Waals surface area (Å²) in [6.07, 6.45) is 6.43. The van der Waals surface area contributed by atoms with Crippen molar-refractivity contribution in [1.29, 1.82) is 0 Å². The molecular weight excluding hydrogens is 382 g/mol. The maximum atomic E-state index is 12.7. The normalized spacial score (nSPS) is 27.4. The van der Waals surface area contributed by atoms with E-state index in [0.717, 1.165) is 31.8 Å². The fourth-order valence-corrected chi connectivity index (χ4v) is 6.88. The second-order valence-corrected chi connectivity index (χ2v) is 10.9. The van der Waals surface area contributed by atoms with Crippen LogP contribution in [0.5, 0.6) is 0 Å². The van der Waals surface area contributed by atoms with E-state index in [9.17, 15) is 13.2 Å². The quantitative estimate of drug-likeness (QED) is 0.657. The van der Waals surface area contributed by atoms with E-state index in [1.165, 1.54) is 41.4 Å². The summed E-state index contributed by atoms with van der Waals surface area (Å²) >= 11 is 1.23. The molecule has 0 spiro atoms. The summed E-state index contributed by atoms with van der Waals surface area (Å²) in [5.41, 5.74) is 0. The van der Waals surface area contributed by atoms with E-state index in [2.05, 4.69) is 12.2 Å². The van der Waals surface area contributed by atoms with Gasteiger partial charge in [0.05, 0.1) is 25.0 Å². The minimum atomic E-state index is -3.46. The highest BCUT2D eigenvalue weighted by Gasteiger charge is 2.33. The number of amides is 1. The van der Waals surface area contributed by atoms with E-state index >= 15 is 0 Å². The third kappa shape index (κ3) is 5.31. The first-order chi connectivity index (χ1) is 13.0. The number of carbonyl (C=O) groups excluding carboxylic acids is 1. The van der Waals surface area contributed by atoms with Gasteiger partial charge in [-0.25, -0.2) is 8.42 Å². The lowest BCUT2D eigenvalue weighted by Gasteiger charge is -2.31.